The second kappa shape index (κ2) is 7.51. The first-order valence-corrected chi connectivity index (χ1v) is 10.8. The van der Waals surface area contributed by atoms with Crippen LogP contribution in [0.3, 0.4) is 0 Å². The summed E-state index contributed by atoms with van der Waals surface area (Å²) in [6.45, 7) is 0. The number of fused-ring (bicyclic) bond motifs is 3. The molecule has 4 aromatic rings. The van der Waals surface area contributed by atoms with Crippen LogP contribution in [0.5, 0.6) is 0 Å². The Hall–Kier alpha value is -3.30. The van der Waals surface area contributed by atoms with Crippen LogP contribution in [0, 0.1) is 10.1 Å². The van der Waals surface area contributed by atoms with E-state index in [2.05, 4.69) is 4.98 Å². The molecule has 0 radical (unpaired) electrons. The van der Waals surface area contributed by atoms with Gasteiger partial charge in [0, 0.05) is 15.9 Å². The molecule has 0 aliphatic carbocycles. The first-order valence-electron chi connectivity index (χ1n) is 8.97. The fourth-order valence-electron chi connectivity index (χ4n) is 3.23. The first-order chi connectivity index (χ1) is 14.6. The van der Waals surface area contributed by atoms with Gasteiger partial charge in [-0.05, 0) is 30.3 Å². The molecular formula is C21H13N3O4S2. The van der Waals surface area contributed by atoms with E-state index in [-0.39, 0.29) is 17.3 Å². The maximum Gasteiger partial charge on any atom is 0.273 e. The molecule has 9 heteroatoms. The molecule has 1 aliphatic rings. The topological polar surface area (TPSA) is 89.5 Å². The molecule has 148 valence electrons. The summed E-state index contributed by atoms with van der Waals surface area (Å²) in [6.07, 6.45) is 0. The quantitative estimate of drug-likeness (QED) is 0.232. The molecule has 30 heavy (non-hydrogen) atoms. The van der Waals surface area contributed by atoms with Crippen molar-refractivity contribution in [2.24, 2.45) is 0 Å². The molecule has 3 aromatic carbocycles. The molecule has 0 unspecified atom stereocenters. The smallest absolute Gasteiger partial charge is 0.273 e. The summed E-state index contributed by atoms with van der Waals surface area (Å²) >= 11 is 2.80. The standard InChI is InChI=1S/C21H13N3O4S2/c25-20(12-29-21-22-14-10-9-13(24(26)27)11-17(14)28-21)23-15-5-1-3-7-18(15)30-19-8-4-2-6-16(19)23/h1-11H,12H2. The lowest BCUT2D eigenvalue weighted by Crippen LogP contribution is -2.29. The number of carbonyl (C=O) groups excluding carboxylic acids is 1. The second-order valence-corrected chi connectivity index (χ2v) is 8.45. The van der Waals surface area contributed by atoms with Crippen molar-refractivity contribution in [1.29, 1.82) is 0 Å². The zero-order chi connectivity index (χ0) is 20.7. The number of anilines is 2. The van der Waals surface area contributed by atoms with Gasteiger partial charge in [-0.25, -0.2) is 4.98 Å². The van der Waals surface area contributed by atoms with Crippen molar-refractivity contribution >= 4 is 57.6 Å². The Morgan fingerprint density at radius 3 is 2.40 bits per heavy atom. The summed E-state index contributed by atoms with van der Waals surface area (Å²) in [5.41, 5.74) is 2.47. The third-order valence-electron chi connectivity index (χ3n) is 4.56. The van der Waals surface area contributed by atoms with Crippen LogP contribution in [-0.4, -0.2) is 21.6 Å². The predicted octanol–water partition coefficient (Wildman–Crippen LogP) is 5.66. The van der Waals surface area contributed by atoms with Gasteiger partial charge in [-0.2, -0.15) is 0 Å². The van der Waals surface area contributed by atoms with E-state index in [0.717, 1.165) is 21.2 Å². The summed E-state index contributed by atoms with van der Waals surface area (Å²) < 4.78 is 5.61. The molecule has 2 heterocycles. The predicted molar refractivity (Wildman–Crippen MR) is 116 cm³/mol. The second-order valence-electron chi connectivity index (χ2n) is 6.44. The molecule has 1 aromatic heterocycles. The molecule has 1 aliphatic heterocycles. The Kier molecular flexibility index (Phi) is 4.68. The van der Waals surface area contributed by atoms with Crippen molar-refractivity contribution in [2.75, 3.05) is 10.7 Å². The number of aromatic nitrogens is 1. The zero-order valence-corrected chi connectivity index (χ0v) is 17.0. The van der Waals surface area contributed by atoms with E-state index in [1.807, 2.05) is 48.5 Å². The Morgan fingerprint density at radius 2 is 1.73 bits per heavy atom. The number of oxazole rings is 1. The highest BCUT2D eigenvalue weighted by atomic mass is 32.2. The van der Waals surface area contributed by atoms with Gasteiger partial charge < -0.3 is 4.42 Å². The molecule has 0 saturated heterocycles. The van der Waals surface area contributed by atoms with Crippen LogP contribution in [0.2, 0.25) is 0 Å². The summed E-state index contributed by atoms with van der Waals surface area (Å²) in [7, 11) is 0. The van der Waals surface area contributed by atoms with Gasteiger partial charge in [-0.1, -0.05) is 47.8 Å². The third-order valence-corrected chi connectivity index (χ3v) is 6.51. The van der Waals surface area contributed by atoms with Crippen molar-refractivity contribution in [3.8, 4) is 0 Å². The number of thioether (sulfide) groups is 1. The average molecular weight is 435 g/mol. The summed E-state index contributed by atoms with van der Waals surface area (Å²) in [5, 5.41) is 11.2. The minimum atomic E-state index is -0.485. The SMILES string of the molecule is O=C(CSc1nc2ccc([N+](=O)[O-])cc2o1)N1c2ccccc2Sc2ccccc21. The van der Waals surface area contributed by atoms with E-state index in [1.54, 1.807) is 16.7 Å². The summed E-state index contributed by atoms with van der Waals surface area (Å²) in [6, 6.07) is 19.8. The molecule has 5 rings (SSSR count). The number of hydrogen-bond donors (Lipinski definition) is 0. The van der Waals surface area contributed by atoms with Crippen molar-refractivity contribution in [3.05, 3.63) is 76.8 Å². The number of para-hydroxylation sites is 2. The van der Waals surface area contributed by atoms with E-state index < -0.39 is 4.92 Å². The normalized spacial score (nSPS) is 12.5. The molecule has 0 saturated carbocycles. The lowest BCUT2D eigenvalue weighted by molar-refractivity contribution is -0.384. The highest BCUT2D eigenvalue weighted by Gasteiger charge is 2.28. The fraction of sp³-hybridized carbons (Fsp3) is 0.0476. The van der Waals surface area contributed by atoms with Gasteiger partial charge in [0.15, 0.2) is 5.58 Å². The molecule has 0 atom stereocenters. The van der Waals surface area contributed by atoms with Crippen molar-refractivity contribution in [1.82, 2.24) is 4.98 Å². The largest absolute Gasteiger partial charge is 0.431 e. The van der Waals surface area contributed by atoms with Crippen LogP contribution in [-0.2, 0) is 4.79 Å². The fourth-order valence-corrected chi connectivity index (χ4v) is 4.97. The average Bonchev–Trinajstić information content (AvgIpc) is 3.18. The van der Waals surface area contributed by atoms with E-state index >= 15 is 0 Å². The molecule has 0 fully saturated rings. The first kappa shape index (κ1) is 18.7. The van der Waals surface area contributed by atoms with E-state index in [1.165, 1.54) is 30.0 Å². The van der Waals surface area contributed by atoms with Gasteiger partial charge in [0.2, 0.25) is 5.91 Å². The lowest BCUT2D eigenvalue weighted by Gasteiger charge is -2.30. The van der Waals surface area contributed by atoms with E-state index in [0.29, 0.717) is 16.3 Å². The van der Waals surface area contributed by atoms with Gasteiger partial charge in [0.05, 0.1) is 28.1 Å². The van der Waals surface area contributed by atoms with E-state index in [4.69, 9.17) is 4.42 Å². The van der Waals surface area contributed by atoms with Gasteiger partial charge >= 0.3 is 0 Å². The number of non-ortho nitro benzene ring substituents is 1. The molecule has 0 spiro atoms. The number of carbonyl (C=O) groups is 1. The zero-order valence-electron chi connectivity index (χ0n) is 15.3. The minimum Gasteiger partial charge on any atom is -0.431 e. The Balaban J connectivity index is 1.41. The lowest BCUT2D eigenvalue weighted by atomic mass is 10.2. The Morgan fingerprint density at radius 1 is 1.07 bits per heavy atom. The van der Waals surface area contributed by atoms with Gasteiger partial charge in [-0.3, -0.25) is 19.8 Å². The number of nitro benzene ring substituents is 1. The maximum atomic E-state index is 13.2. The summed E-state index contributed by atoms with van der Waals surface area (Å²) in [4.78, 5) is 31.7. The molecule has 1 amide bonds. The third kappa shape index (κ3) is 3.31. The summed E-state index contributed by atoms with van der Waals surface area (Å²) in [5.74, 6) is 0.0100. The van der Waals surface area contributed by atoms with Crippen LogP contribution in [0.1, 0.15) is 0 Å². The van der Waals surface area contributed by atoms with Crippen LogP contribution >= 0.6 is 23.5 Å². The number of amides is 1. The molecule has 7 nitrogen and oxygen atoms in total. The number of nitro groups is 1. The van der Waals surface area contributed by atoms with Gasteiger partial charge in [0.25, 0.3) is 10.9 Å². The molecule has 0 bridgehead atoms. The number of nitrogens with zero attached hydrogens (tertiary/aromatic N) is 3. The number of rotatable bonds is 4. The van der Waals surface area contributed by atoms with Crippen molar-refractivity contribution < 1.29 is 14.1 Å². The van der Waals surface area contributed by atoms with Crippen LogP contribution < -0.4 is 4.90 Å². The van der Waals surface area contributed by atoms with Crippen LogP contribution in [0.4, 0.5) is 17.1 Å². The molecular weight excluding hydrogens is 422 g/mol. The van der Waals surface area contributed by atoms with Crippen LogP contribution in [0.15, 0.2) is 86.2 Å². The van der Waals surface area contributed by atoms with E-state index in [9.17, 15) is 14.9 Å². The highest BCUT2D eigenvalue weighted by Crippen LogP contribution is 2.48. The van der Waals surface area contributed by atoms with Gasteiger partial charge in [-0.15, -0.1) is 0 Å². The molecule has 0 N–H and O–H groups in total. The van der Waals surface area contributed by atoms with Crippen LogP contribution in [0.25, 0.3) is 11.1 Å². The van der Waals surface area contributed by atoms with Crippen molar-refractivity contribution in [2.45, 2.75) is 15.0 Å². The Labute approximate surface area is 179 Å². The number of hydrogen-bond acceptors (Lipinski definition) is 7. The monoisotopic (exact) mass is 435 g/mol. The number of benzene rings is 3. The van der Waals surface area contributed by atoms with Crippen molar-refractivity contribution in [3.63, 3.8) is 0 Å². The Bertz CT molecular complexity index is 1260. The minimum absolute atomic E-state index is 0.0645. The highest BCUT2D eigenvalue weighted by molar-refractivity contribution is 8.00. The maximum absolute atomic E-state index is 13.2. The van der Waals surface area contributed by atoms with Gasteiger partial charge in [0.1, 0.15) is 5.52 Å².